The summed E-state index contributed by atoms with van der Waals surface area (Å²) in [7, 11) is 2.28. The maximum atomic E-state index is 2.55. The van der Waals surface area contributed by atoms with Crippen LogP contribution in [0.25, 0.3) is 0 Å². The number of hydrogen-bond acceptors (Lipinski definition) is 1. The van der Waals surface area contributed by atoms with Gasteiger partial charge < -0.3 is 4.90 Å². The zero-order chi connectivity index (χ0) is 10.0. The Morgan fingerprint density at radius 1 is 1.23 bits per heavy atom. The third-order valence-corrected chi connectivity index (χ3v) is 3.26. The Bertz CT molecular complexity index is 151. The van der Waals surface area contributed by atoms with Crippen LogP contribution in [0.15, 0.2) is 0 Å². The Morgan fingerprint density at radius 2 is 1.85 bits per heavy atom. The van der Waals surface area contributed by atoms with Crippen molar-refractivity contribution in [2.75, 3.05) is 13.6 Å². The van der Waals surface area contributed by atoms with Gasteiger partial charge in [0.2, 0.25) is 0 Å². The van der Waals surface area contributed by atoms with Crippen molar-refractivity contribution < 1.29 is 0 Å². The fourth-order valence-corrected chi connectivity index (χ4v) is 2.76. The van der Waals surface area contributed by atoms with Gasteiger partial charge in [0, 0.05) is 12.6 Å². The van der Waals surface area contributed by atoms with Crippen molar-refractivity contribution in [2.45, 2.75) is 46.6 Å². The molecule has 0 N–H and O–H groups in total. The summed E-state index contributed by atoms with van der Waals surface area (Å²) in [4.78, 5) is 2.55. The molecule has 1 rings (SSSR count). The molecule has 13 heavy (non-hydrogen) atoms. The predicted octanol–water partition coefficient (Wildman–Crippen LogP) is 3.01. The third kappa shape index (κ3) is 2.98. The summed E-state index contributed by atoms with van der Waals surface area (Å²) < 4.78 is 0. The molecule has 1 heteroatoms. The van der Waals surface area contributed by atoms with Crippen molar-refractivity contribution in [3.63, 3.8) is 0 Å². The highest BCUT2D eigenvalue weighted by Gasteiger charge is 2.31. The fourth-order valence-electron chi connectivity index (χ4n) is 2.76. The van der Waals surface area contributed by atoms with Gasteiger partial charge >= 0.3 is 0 Å². The number of nitrogens with zero attached hydrogens (tertiary/aromatic N) is 1. The molecule has 1 fully saturated rings. The van der Waals surface area contributed by atoms with Gasteiger partial charge in [-0.25, -0.2) is 0 Å². The SMILES string of the molecule is CC(C)CC1C[C@@H](C(C)C)N(C)C1. The molecule has 0 amide bonds. The van der Waals surface area contributed by atoms with Crippen LogP contribution in [0.4, 0.5) is 0 Å². The molecule has 2 atom stereocenters. The predicted molar refractivity (Wildman–Crippen MR) is 58.8 cm³/mol. The second kappa shape index (κ2) is 4.45. The minimum atomic E-state index is 0.821. The van der Waals surface area contributed by atoms with Crippen LogP contribution in [0.1, 0.15) is 40.5 Å². The summed E-state index contributed by atoms with van der Waals surface area (Å²) in [5.41, 5.74) is 0. The van der Waals surface area contributed by atoms with Gasteiger partial charge in [0.1, 0.15) is 0 Å². The second-order valence-corrected chi connectivity index (χ2v) is 5.48. The molecule has 1 unspecified atom stereocenters. The molecule has 1 saturated heterocycles. The van der Waals surface area contributed by atoms with Crippen LogP contribution >= 0.6 is 0 Å². The van der Waals surface area contributed by atoms with Crippen LogP contribution in [0.5, 0.6) is 0 Å². The fraction of sp³-hybridized carbons (Fsp3) is 1.00. The van der Waals surface area contributed by atoms with E-state index in [2.05, 4.69) is 39.6 Å². The molecule has 0 bridgehead atoms. The zero-order valence-corrected chi connectivity index (χ0v) is 9.88. The first-order valence-electron chi connectivity index (χ1n) is 5.71. The summed E-state index contributed by atoms with van der Waals surface area (Å²) in [6.45, 7) is 10.7. The van der Waals surface area contributed by atoms with Gasteiger partial charge in [-0.15, -0.1) is 0 Å². The first-order chi connectivity index (χ1) is 6.00. The van der Waals surface area contributed by atoms with Gasteiger partial charge in [-0.1, -0.05) is 27.7 Å². The van der Waals surface area contributed by atoms with Crippen LogP contribution in [0.2, 0.25) is 0 Å². The lowest BCUT2D eigenvalue weighted by molar-refractivity contribution is 0.249. The molecule has 0 spiro atoms. The summed E-state index contributed by atoms with van der Waals surface area (Å²) in [6, 6.07) is 0.837. The largest absolute Gasteiger partial charge is 0.303 e. The van der Waals surface area contributed by atoms with Crippen molar-refractivity contribution >= 4 is 0 Å². The Balaban J connectivity index is 2.40. The standard InChI is InChI=1S/C12H25N/c1-9(2)6-11-7-12(10(3)4)13(5)8-11/h9-12H,6-8H2,1-5H3/t11?,12-/m0/s1. The minimum Gasteiger partial charge on any atom is -0.303 e. The quantitative estimate of drug-likeness (QED) is 0.650. The molecule has 1 aliphatic rings. The normalized spacial score (nSPS) is 30.7. The van der Waals surface area contributed by atoms with E-state index in [0.29, 0.717) is 0 Å². The molecule has 78 valence electrons. The lowest BCUT2D eigenvalue weighted by atomic mass is 9.92. The second-order valence-electron chi connectivity index (χ2n) is 5.48. The van der Waals surface area contributed by atoms with Gasteiger partial charge in [-0.2, -0.15) is 0 Å². The van der Waals surface area contributed by atoms with E-state index in [4.69, 9.17) is 0 Å². The molecule has 0 saturated carbocycles. The highest BCUT2D eigenvalue weighted by molar-refractivity contribution is 4.85. The topological polar surface area (TPSA) is 3.24 Å². The van der Waals surface area contributed by atoms with Crippen LogP contribution in [-0.4, -0.2) is 24.5 Å². The van der Waals surface area contributed by atoms with E-state index in [9.17, 15) is 0 Å². The van der Waals surface area contributed by atoms with E-state index < -0.39 is 0 Å². The van der Waals surface area contributed by atoms with Crippen molar-refractivity contribution in [1.29, 1.82) is 0 Å². The molecule has 0 aromatic heterocycles. The van der Waals surface area contributed by atoms with Gasteiger partial charge in [-0.3, -0.25) is 0 Å². The molecule has 1 heterocycles. The van der Waals surface area contributed by atoms with Gasteiger partial charge in [0.05, 0.1) is 0 Å². The molecular formula is C12H25N. The number of hydrogen-bond donors (Lipinski definition) is 0. The van der Waals surface area contributed by atoms with E-state index in [0.717, 1.165) is 23.8 Å². The first kappa shape index (κ1) is 11.0. The maximum Gasteiger partial charge on any atom is 0.0118 e. The van der Waals surface area contributed by atoms with Crippen molar-refractivity contribution in [1.82, 2.24) is 4.90 Å². The highest BCUT2D eigenvalue weighted by atomic mass is 15.2. The smallest absolute Gasteiger partial charge is 0.0118 e. The highest BCUT2D eigenvalue weighted by Crippen LogP contribution is 2.30. The summed E-state index contributed by atoms with van der Waals surface area (Å²) in [5, 5.41) is 0. The zero-order valence-electron chi connectivity index (χ0n) is 9.88. The Labute approximate surface area is 83.5 Å². The molecule has 1 nitrogen and oxygen atoms in total. The molecule has 0 aliphatic carbocycles. The molecule has 0 radical (unpaired) electrons. The van der Waals surface area contributed by atoms with Crippen molar-refractivity contribution in [3.8, 4) is 0 Å². The molecular weight excluding hydrogens is 158 g/mol. The van der Waals surface area contributed by atoms with E-state index in [1.807, 2.05) is 0 Å². The van der Waals surface area contributed by atoms with Crippen LogP contribution in [0, 0.1) is 17.8 Å². The Morgan fingerprint density at radius 3 is 2.23 bits per heavy atom. The Kier molecular flexibility index (Phi) is 3.78. The molecule has 1 aliphatic heterocycles. The third-order valence-electron chi connectivity index (χ3n) is 3.26. The average Bonchev–Trinajstić information content (AvgIpc) is 2.29. The summed E-state index contributed by atoms with van der Waals surface area (Å²) in [5.74, 6) is 2.64. The van der Waals surface area contributed by atoms with Gasteiger partial charge in [0.25, 0.3) is 0 Å². The molecule has 0 aromatic rings. The van der Waals surface area contributed by atoms with Crippen LogP contribution in [-0.2, 0) is 0 Å². The van der Waals surface area contributed by atoms with Gasteiger partial charge in [0.15, 0.2) is 0 Å². The van der Waals surface area contributed by atoms with Crippen LogP contribution in [0.3, 0.4) is 0 Å². The van der Waals surface area contributed by atoms with E-state index in [1.165, 1.54) is 19.4 Å². The Hall–Kier alpha value is -0.0400. The number of likely N-dealkylation sites (tertiary alicyclic amines) is 1. The first-order valence-corrected chi connectivity index (χ1v) is 5.71. The van der Waals surface area contributed by atoms with Crippen LogP contribution < -0.4 is 0 Å². The summed E-state index contributed by atoms with van der Waals surface area (Å²) >= 11 is 0. The molecule has 0 aromatic carbocycles. The van der Waals surface area contributed by atoms with Crippen molar-refractivity contribution in [3.05, 3.63) is 0 Å². The van der Waals surface area contributed by atoms with E-state index >= 15 is 0 Å². The van der Waals surface area contributed by atoms with Crippen molar-refractivity contribution in [2.24, 2.45) is 17.8 Å². The minimum absolute atomic E-state index is 0.821. The lowest BCUT2D eigenvalue weighted by Gasteiger charge is -2.22. The lowest BCUT2D eigenvalue weighted by Crippen LogP contribution is -2.29. The van der Waals surface area contributed by atoms with E-state index in [-0.39, 0.29) is 0 Å². The van der Waals surface area contributed by atoms with Gasteiger partial charge in [-0.05, 0) is 37.6 Å². The monoisotopic (exact) mass is 183 g/mol. The summed E-state index contributed by atoms with van der Waals surface area (Å²) in [6.07, 6.45) is 2.83. The maximum absolute atomic E-state index is 2.55. The number of rotatable bonds is 3. The van der Waals surface area contributed by atoms with E-state index in [1.54, 1.807) is 0 Å². The average molecular weight is 183 g/mol.